The second-order valence-electron chi connectivity index (χ2n) is 5.41. The largest absolute Gasteiger partial charge is 0.495 e. The van der Waals surface area contributed by atoms with Crippen LogP contribution in [0, 0.1) is 0 Å². The van der Waals surface area contributed by atoms with Crippen LogP contribution in [0.15, 0.2) is 36.7 Å². The molecule has 1 aromatic carbocycles. The Kier molecular flexibility index (Phi) is 4.46. The lowest BCUT2D eigenvalue weighted by Crippen LogP contribution is -2.26. The molecule has 2 heterocycles. The molecule has 0 N–H and O–H groups in total. The number of ketones is 1. The third kappa shape index (κ3) is 3.28. The zero-order valence-corrected chi connectivity index (χ0v) is 13.2. The Morgan fingerprint density at radius 1 is 1.35 bits per heavy atom. The predicted octanol–water partition coefficient (Wildman–Crippen LogP) is 3.41. The molecule has 0 saturated heterocycles. The first-order valence-corrected chi connectivity index (χ1v) is 7.64. The number of carbonyl (C=O) groups excluding carboxylic acids is 1. The van der Waals surface area contributed by atoms with Gasteiger partial charge in [0.2, 0.25) is 0 Å². The summed E-state index contributed by atoms with van der Waals surface area (Å²) >= 11 is 0. The summed E-state index contributed by atoms with van der Waals surface area (Å²) in [4.78, 5) is 16.1. The van der Waals surface area contributed by atoms with Crippen molar-refractivity contribution < 1.29 is 19.0 Å². The van der Waals surface area contributed by atoms with Crippen LogP contribution in [-0.2, 0) is 6.61 Å². The van der Waals surface area contributed by atoms with Gasteiger partial charge in [0.05, 0.1) is 18.9 Å². The van der Waals surface area contributed by atoms with Crippen LogP contribution in [0.3, 0.4) is 0 Å². The number of carbonyl (C=O) groups is 1. The molecule has 0 saturated carbocycles. The number of Topliss-reactive ketones (excluding diaryl/α,β-unsaturated/α-hetero) is 1. The normalized spacial score (nSPS) is 16.4. The quantitative estimate of drug-likeness (QED) is 0.846. The molecule has 2 aromatic rings. The van der Waals surface area contributed by atoms with Crippen molar-refractivity contribution in [2.75, 3.05) is 7.11 Å². The van der Waals surface area contributed by atoms with E-state index < -0.39 is 0 Å². The van der Waals surface area contributed by atoms with Gasteiger partial charge in [0.25, 0.3) is 0 Å². The number of aromatic nitrogens is 1. The minimum atomic E-state index is -0.0504. The Labute approximate surface area is 135 Å². The van der Waals surface area contributed by atoms with E-state index in [0.29, 0.717) is 35.8 Å². The Bertz CT molecular complexity index is 714. The summed E-state index contributed by atoms with van der Waals surface area (Å²) in [6, 6.07) is 7.19. The Balaban J connectivity index is 1.76. The maximum Gasteiger partial charge on any atom is 0.170 e. The fraction of sp³-hybridized carbons (Fsp3) is 0.333. The molecule has 1 aliphatic heterocycles. The highest BCUT2D eigenvalue weighted by Gasteiger charge is 2.25. The van der Waals surface area contributed by atoms with Gasteiger partial charge in [0, 0.05) is 24.2 Å². The molecular formula is C18H19NO4. The van der Waals surface area contributed by atoms with E-state index in [-0.39, 0.29) is 11.9 Å². The summed E-state index contributed by atoms with van der Waals surface area (Å²) in [7, 11) is 1.60. The van der Waals surface area contributed by atoms with Crippen molar-refractivity contribution in [2.45, 2.75) is 32.5 Å². The summed E-state index contributed by atoms with van der Waals surface area (Å²) in [6.07, 6.45) is 4.55. The zero-order valence-electron chi connectivity index (χ0n) is 13.2. The lowest BCUT2D eigenvalue weighted by molar-refractivity contribution is 0.0845. The molecule has 3 rings (SSSR count). The number of methoxy groups -OCH3 is 1. The van der Waals surface area contributed by atoms with Gasteiger partial charge < -0.3 is 14.2 Å². The highest BCUT2D eigenvalue weighted by Crippen LogP contribution is 2.32. The molecule has 0 amide bonds. The fourth-order valence-electron chi connectivity index (χ4n) is 2.56. The molecule has 0 radical (unpaired) electrons. The third-order valence-electron chi connectivity index (χ3n) is 3.90. The average Bonchev–Trinajstić information content (AvgIpc) is 2.59. The lowest BCUT2D eigenvalue weighted by Gasteiger charge is -2.24. The van der Waals surface area contributed by atoms with E-state index in [1.807, 2.05) is 13.0 Å². The first-order chi connectivity index (χ1) is 11.2. The Hall–Kier alpha value is -2.56. The van der Waals surface area contributed by atoms with Crippen LogP contribution in [0.4, 0.5) is 0 Å². The van der Waals surface area contributed by atoms with Crippen molar-refractivity contribution in [2.24, 2.45) is 0 Å². The van der Waals surface area contributed by atoms with E-state index in [9.17, 15) is 4.79 Å². The monoisotopic (exact) mass is 313 g/mol. The molecule has 0 bridgehead atoms. The van der Waals surface area contributed by atoms with Gasteiger partial charge in [-0.3, -0.25) is 9.78 Å². The molecule has 0 spiro atoms. The Morgan fingerprint density at radius 3 is 3.00 bits per heavy atom. The van der Waals surface area contributed by atoms with Gasteiger partial charge in [-0.2, -0.15) is 0 Å². The summed E-state index contributed by atoms with van der Waals surface area (Å²) in [6.45, 7) is 2.37. The van der Waals surface area contributed by atoms with E-state index >= 15 is 0 Å². The minimum Gasteiger partial charge on any atom is -0.495 e. The van der Waals surface area contributed by atoms with Crippen LogP contribution in [0.1, 0.15) is 35.7 Å². The first-order valence-electron chi connectivity index (χ1n) is 7.64. The van der Waals surface area contributed by atoms with Crippen LogP contribution < -0.4 is 14.2 Å². The maximum atomic E-state index is 12.1. The van der Waals surface area contributed by atoms with Crippen molar-refractivity contribution in [3.8, 4) is 17.2 Å². The number of benzene rings is 1. The van der Waals surface area contributed by atoms with Crippen LogP contribution >= 0.6 is 0 Å². The molecule has 1 aliphatic rings. The van der Waals surface area contributed by atoms with Crippen molar-refractivity contribution in [1.29, 1.82) is 0 Å². The number of nitrogens with zero attached hydrogens (tertiary/aromatic N) is 1. The SMILES string of the molecule is CC[C@H]1CC(=O)c2ccc(OCc3ccncc3OC)cc2O1. The average molecular weight is 313 g/mol. The number of fused-ring (bicyclic) bond motifs is 1. The lowest BCUT2D eigenvalue weighted by atomic mass is 9.99. The highest BCUT2D eigenvalue weighted by molar-refractivity contribution is 6.00. The molecule has 5 nitrogen and oxygen atoms in total. The van der Waals surface area contributed by atoms with Crippen LogP contribution in [0.5, 0.6) is 17.2 Å². The van der Waals surface area contributed by atoms with Crippen LogP contribution in [-0.4, -0.2) is 24.0 Å². The van der Waals surface area contributed by atoms with Crippen molar-refractivity contribution >= 4 is 5.78 Å². The van der Waals surface area contributed by atoms with Gasteiger partial charge in [-0.1, -0.05) is 6.92 Å². The smallest absolute Gasteiger partial charge is 0.170 e. The molecular weight excluding hydrogens is 294 g/mol. The molecule has 120 valence electrons. The van der Waals surface area contributed by atoms with Gasteiger partial charge in [0.1, 0.15) is 30.0 Å². The molecule has 0 fully saturated rings. The van der Waals surface area contributed by atoms with Crippen LogP contribution in [0.2, 0.25) is 0 Å². The topological polar surface area (TPSA) is 57.7 Å². The van der Waals surface area contributed by atoms with Gasteiger partial charge >= 0.3 is 0 Å². The van der Waals surface area contributed by atoms with E-state index in [1.54, 1.807) is 37.7 Å². The van der Waals surface area contributed by atoms with Gasteiger partial charge in [-0.05, 0) is 24.6 Å². The van der Waals surface area contributed by atoms with Crippen molar-refractivity contribution in [3.63, 3.8) is 0 Å². The fourth-order valence-corrected chi connectivity index (χ4v) is 2.56. The second-order valence-corrected chi connectivity index (χ2v) is 5.41. The minimum absolute atomic E-state index is 0.0504. The summed E-state index contributed by atoms with van der Waals surface area (Å²) in [5, 5.41) is 0. The first kappa shape index (κ1) is 15.3. The molecule has 5 heteroatoms. The molecule has 1 aromatic heterocycles. The number of pyridine rings is 1. The molecule has 0 aliphatic carbocycles. The number of rotatable bonds is 5. The zero-order chi connectivity index (χ0) is 16.2. The summed E-state index contributed by atoms with van der Waals surface area (Å²) < 4.78 is 16.9. The van der Waals surface area contributed by atoms with Gasteiger partial charge in [0.15, 0.2) is 5.78 Å². The summed E-state index contributed by atoms with van der Waals surface area (Å²) in [5.41, 5.74) is 1.53. The number of hydrogen-bond acceptors (Lipinski definition) is 5. The third-order valence-corrected chi connectivity index (χ3v) is 3.90. The highest BCUT2D eigenvalue weighted by atomic mass is 16.5. The van der Waals surface area contributed by atoms with E-state index in [2.05, 4.69) is 4.98 Å². The maximum absolute atomic E-state index is 12.1. The van der Waals surface area contributed by atoms with Gasteiger partial charge in [-0.25, -0.2) is 0 Å². The van der Waals surface area contributed by atoms with E-state index in [0.717, 1.165) is 12.0 Å². The molecule has 23 heavy (non-hydrogen) atoms. The van der Waals surface area contributed by atoms with Crippen molar-refractivity contribution in [1.82, 2.24) is 4.98 Å². The second kappa shape index (κ2) is 6.69. The standard InChI is InChI=1S/C18H19NO4/c1-3-13-8-16(20)15-5-4-14(9-17(15)23-13)22-11-12-6-7-19-10-18(12)21-2/h4-7,9-10,13H,3,8,11H2,1-2H3/t13-/m0/s1. The van der Waals surface area contributed by atoms with E-state index in [1.165, 1.54) is 0 Å². The van der Waals surface area contributed by atoms with E-state index in [4.69, 9.17) is 14.2 Å². The predicted molar refractivity (Wildman–Crippen MR) is 85.2 cm³/mol. The Morgan fingerprint density at radius 2 is 2.22 bits per heavy atom. The van der Waals surface area contributed by atoms with Crippen LogP contribution in [0.25, 0.3) is 0 Å². The number of ether oxygens (including phenoxy) is 3. The molecule has 0 unspecified atom stereocenters. The molecule has 1 atom stereocenters. The van der Waals surface area contributed by atoms with Gasteiger partial charge in [-0.15, -0.1) is 0 Å². The van der Waals surface area contributed by atoms with Crippen molar-refractivity contribution in [3.05, 3.63) is 47.8 Å². The summed E-state index contributed by atoms with van der Waals surface area (Å²) in [5.74, 6) is 2.07. The number of hydrogen-bond donors (Lipinski definition) is 0.